The highest BCUT2D eigenvalue weighted by molar-refractivity contribution is 5.81. The molecule has 1 aromatic carbocycles. The van der Waals surface area contributed by atoms with E-state index in [1.807, 2.05) is 37.3 Å². The summed E-state index contributed by atoms with van der Waals surface area (Å²) in [5.74, 6) is -0.719. The lowest BCUT2D eigenvalue weighted by Gasteiger charge is -2.26. The monoisotopic (exact) mass is 526 g/mol. The van der Waals surface area contributed by atoms with Crippen LogP contribution in [0, 0.1) is 5.41 Å². The predicted octanol–water partition coefficient (Wildman–Crippen LogP) is 1.23. The van der Waals surface area contributed by atoms with Crippen molar-refractivity contribution in [3.63, 3.8) is 0 Å². The van der Waals surface area contributed by atoms with E-state index in [-0.39, 0.29) is 13.2 Å². The van der Waals surface area contributed by atoms with E-state index in [9.17, 15) is 14.4 Å². The first kappa shape index (κ1) is 35.7. The van der Waals surface area contributed by atoms with Crippen molar-refractivity contribution in [2.24, 2.45) is 5.41 Å². The molecule has 0 saturated heterocycles. The zero-order valence-electron chi connectivity index (χ0n) is 21.2. The number of esters is 3. The molecule has 0 unspecified atom stereocenters. The van der Waals surface area contributed by atoms with Gasteiger partial charge in [0.1, 0.15) is 32.2 Å². The third-order valence-corrected chi connectivity index (χ3v) is 4.04. The number of hydrogen-bond acceptors (Lipinski definition) is 11. The van der Waals surface area contributed by atoms with Crippen molar-refractivity contribution in [1.29, 1.82) is 0 Å². The molecule has 0 bridgehead atoms. The van der Waals surface area contributed by atoms with Crippen LogP contribution in [0.1, 0.15) is 6.92 Å². The fraction of sp³-hybridized carbons (Fsp3) is 0.423. The maximum atomic E-state index is 10.6. The minimum absolute atomic E-state index is 0.235. The summed E-state index contributed by atoms with van der Waals surface area (Å²) in [6.07, 6.45) is 3.23. The second-order valence-corrected chi connectivity index (χ2v) is 6.89. The van der Waals surface area contributed by atoms with Gasteiger partial charge >= 0.3 is 17.9 Å². The van der Waals surface area contributed by atoms with Gasteiger partial charge in [0.15, 0.2) is 0 Å². The molecule has 0 saturated carbocycles. The van der Waals surface area contributed by atoms with Gasteiger partial charge < -0.3 is 39.0 Å². The molecule has 0 aliphatic carbocycles. The zero-order valence-corrected chi connectivity index (χ0v) is 21.2. The Bertz CT molecular complexity index is 766. The van der Waals surface area contributed by atoms with Gasteiger partial charge in [-0.05, 0) is 19.1 Å². The number of carbonyl (C=O) groups excluding carboxylic acids is 3. The molecule has 0 radical (unpaired) electrons. The van der Waals surface area contributed by atoms with E-state index < -0.39 is 43.1 Å². The Kier molecular flexibility index (Phi) is 23.3. The molecule has 0 fully saturated rings. The molecule has 1 aromatic rings. The van der Waals surface area contributed by atoms with E-state index in [4.69, 9.17) is 29.5 Å². The van der Waals surface area contributed by atoms with Gasteiger partial charge in [-0.25, -0.2) is 14.4 Å². The van der Waals surface area contributed by atoms with Crippen LogP contribution >= 0.6 is 0 Å². The number of hydrogen-bond donors (Lipinski definition) is 3. The maximum Gasteiger partial charge on any atom is 0.330 e. The van der Waals surface area contributed by atoms with Crippen molar-refractivity contribution in [3.05, 3.63) is 68.3 Å². The highest BCUT2D eigenvalue weighted by Gasteiger charge is 2.29. The van der Waals surface area contributed by atoms with Crippen LogP contribution in [-0.2, 0) is 33.3 Å². The molecule has 3 N–H and O–H groups in total. The molecule has 208 valence electrons. The molecule has 0 spiro atoms. The quantitative estimate of drug-likeness (QED) is 0.123. The van der Waals surface area contributed by atoms with Crippen LogP contribution in [0.4, 0.5) is 0 Å². The second-order valence-electron chi connectivity index (χ2n) is 6.89. The van der Waals surface area contributed by atoms with Crippen molar-refractivity contribution in [2.75, 3.05) is 59.5 Å². The zero-order chi connectivity index (χ0) is 28.4. The van der Waals surface area contributed by atoms with Crippen molar-refractivity contribution in [3.8, 4) is 5.75 Å². The van der Waals surface area contributed by atoms with Crippen molar-refractivity contribution >= 4 is 17.9 Å². The van der Waals surface area contributed by atoms with E-state index in [1.165, 1.54) is 0 Å². The Labute approximate surface area is 217 Å². The van der Waals surface area contributed by atoms with Gasteiger partial charge in [-0.15, -0.1) is 0 Å². The first-order valence-electron chi connectivity index (χ1n) is 11.2. The standard InChI is InChI=1S/C11H12O3.C8H14O5.C7H12O3/c1-2-11(12)14-9-8-13-10-6-4-3-5-7-10;1-2-7(12)13-6-8(3-9,4-10)5-11;1-3-7(8)10-6-5-9-4-2/h2-7H,1,8-9H2;2,9-11H,1,3-6H2;3H,1,4-6H2,2H3. The molecule has 0 aliphatic rings. The van der Waals surface area contributed by atoms with Gasteiger partial charge in [-0.1, -0.05) is 37.9 Å². The van der Waals surface area contributed by atoms with Gasteiger partial charge in [0, 0.05) is 24.8 Å². The van der Waals surface area contributed by atoms with Gasteiger partial charge in [-0.3, -0.25) is 0 Å². The second kappa shape index (κ2) is 24.2. The van der Waals surface area contributed by atoms with Crippen molar-refractivity contribution in [1.82, 2.24) is 0 Å². The summed E-state index contributed by atoms with van der Waals surface area (Å²) >= 11 is 0. The predicted molar refractivity (Wildman–Crippen MR) is 136 cm³/mol. The van der Waals surface area contributed by atoms with Crippen LogP contribution < -0.4 is 4.74 Å². The Morgan fingerprint density at radius 2 is 1.22 bits per heavy atom. The molecule has 1 rings (SSSR count). The fourth-order valence-corrected chi connectivity index (χ4v) is 1.85. The van der Waals surface area contributed by atoms with Crippen LogP contribution in [0.5, 0.6) is 5.75 Å². The highest BCUT2D eigenvalue weighted by atomic mass is 16.6. The number of para-hydroxylation sites is 1. The largest absolute Gasteiger partial charge is 0.490 e. The van der Waals surface area contributed by atoms with Crippen LogP contribution in [0.25, 0.3) is 0 Å². The van der Waals surface area contributed by atoms with Crippen LogP contribution in [-0.4, -0.2) is 92.7 Å². The number of aliphatic hydroxyl groups excluding tert-OH is 3. The number of aliphatic hydroxyl groups is 3. The average molecular weight is 527 g/mol. The molecule has 0 aromatic heterocycles. The topological polar surface area (TPSA) is 158 Å². The van der Waals surface area contributed by atoms with Crippen LogP contribution in [0.3, 0.4) is 0 Å². The van der Waals surface area contributed by atoms with Gasteiger partial charge in [0.05, 0.1) is 31.8 Å². The van der Waals surface area contributed by atoms with E-state index >= 15 is 0 Å². The number of ether oxygens (including phenoxy) is 5. The third kappa shape index (κ3) is 20.4. The van der Waals surface area contributed by atoms with Crippen molar-refractivity contribution in [2.45, 2.75) is 6.92 Å². The van der Waals surface area contributed by atoms with Crippen molar-refractivity contribution < 1.29 is 53.4 Å². The molecule has 11 heteroatoms. The summed E-state index contributed by atoms with van der Waals surface area (Å²) in [6.45, 7) is 12.0. The van der Waals surface area contributed by atoms with Gasteiger partial charge in [0.25, 0.3) is 0 Å². The van der Waals surface area contributed by atoms with Crippen LogP contribution in [0.2, 0.25) is 0 Å². The Morgan fingerprint density at radius 3 is 1.65 bits per heavy atom. The third-order valence-electron chi connectivity index (χ3n) is 4.04. The van der Waals surface area contributed by atoms with E-state index in [2.05, 4.69) is 29.2 Å². The maximum absolute atomic E-state index is 10.6. The number of benzene rings is 1. The minimum Gasteiger partial charge on any atom is -0.490 e. The lowest BCUT2D eigenvalue weighted by molar-refractivity contribution is -0.145. The lowest BCUT2D eigenvalue weighted by atomic mass is 9.93. The number of rotatable bonds is 16. The molecular weight excluding hydrogens is 488 g/mol. The smallest absolute Gasteiger partial charge is 0.330 e. The molecular formula is C26H38O11. The van der Waals surface area contributed by atoms with Gasteiger partial charge in [-0.2, -0.15) is 0 Å². The Balaban J connectivity index is 0. The molecule has 0 aliphatic heterocycles. The lowest BCUT2D eigenvalue weighted by Crippen LogP contribution is -2.39. The van der Waals surface area contributed by atoms with E-state index in [1.54, 1.807) is 0 Å². The SMILES string of the molecule is C=CC(=O)OCC(CO)(CO)CO.C=CC(=O)OCCOCC.C=CC(=O)OCCOc1ccccc1. The molecule has 37 heavy (non-hydrogen) atoms. The molecule has 0 amide bonds. The summed E-state index contributed by atoms with van der Waals surface area (Å²) in [7, 11) is 0. The normalized spacial score (nSPS) is 9.73. The fourth-order valence-electron chi connectivity index (χ4n) is 1.85. The molecule has 0 heterocycles. The first-order valence-corrected chi connectivity index (χ1v) is 11.2. The highest BCUT2D eigenvalue weighted by Crippen LogP contribution is 2.15. The van der Waals surface area contributed by atoms with Crippen LogP contribution in [0.15, 0.2) is 68.3 Å². The van der Waals surface area contributed by atoms with E-state index in [0.29, 0.717) is 26.4 Å². The summed E-state index contributed by atoms with van der Waals surface area (Å²) in [4.78, 5) is 31.6. The first-order chi connectivity index (χ1) is 17.8. The minimum atomic E-state index is -1.17. The summed E-state index contributed by atoms with van der Waals surface area (Å²) in [5, 5.41) is 26.5. The van der Waals surface area contributed by atoms with E-state index in [0.717, 1.165) is 24.0 Å². The summed E-state index contributed by atoms with van der Waals surface area (Å²) in [5.41, 5.74) is -1.17. The number of carbonyl (C=O) groups is 3. The molecule has 0 atom stereocenters. The molecule has 11 nitrogen and oxygen atoms in total. The van der Waals surface area contributed by atoms with Gasteiger partial charge in [0.2, 0.25) is 0 Å². The Hall–Kier alpha value is -3.51. The Morgan fingerprint density at radius 1 is 0.757 bits per heavy atom. The summed E-state index contributed by atoms with van der Waals surface area (Å²) in [6, 6.07) is 9.35. The summed E-state index contributed by atoms with van der Waals surface area (Å²) < 4.78 is 24.1. The average Bonchev–Trinajstić information content (AvgIpc) is 2.95.